The van der Waals surface area contributed by atoms with Crippen LogP contribution in [0.2, 0.25) is 5.02 Å². The van der Waals surface area contributed by atoms with Crippen LogP contribution >= 0.6 is 11.6 Å². The van der Waals surface area contributed by atoms with E-state index in [9.17, 15) is 9.18 Å². The molecule has 0 aliphatic heterocycles. The van der Waals surface area contributed by atoms with Crippen molar-refractivity contribution in [1.82, 2.24) is 19.1 Å². The van der Waals surface area contributed by atoms with E-state index in [1.807, 2.05) is 54.6 Å². The summed E-state index contributed by atoms with van der Waals surface area (Å²) in [7, 11) is 0. The Kier molecular flexibility index (Phi) is 5.43. The fourth-order valence-electron chi connectivity index (χ4n) is 4.21. The second-order valence-electron chi connectivity index (χ2n) is 8.26. The van der Waals surface area contributed by atoms with Crippen LogP contribution in [0.25, 0.3) is 45.1 Å². The molecular formula is C29H18ClFN4O. The van der Waals surface area contributed by atoms with Crippen molar-refractivity contribution in [3.63, 3.8) is 0 Å². The largest absolute Gasteiger partial charge is 0.286 e. The maximum absolute atomic E-state index is 13.8. The summed E-state index contributed by atoms with van der Waals surface area (Å²) < 4.78 is 16.7. The molecule has 2 heterocycles. The van der Waals surface area contributed by atoms with Gasteiger partial charge < -0.3 is 0 Å². The molecule has 0 aliphatic carbocycles. The molecule has 5 nitrogen and oxygen atoms in total. The Balaban J connectivity index is 1.57. The fourth-order valence-corrected chi connectivity index (χ4v) is 4.33. The van der Waals surface area contributed by atoms with Gasteiger partial charge in [-0.3, -0.25) is 13.9 Å². The Hall–Kier alpha value is -4.55. The minimum atomic E-state index is -0.283. The monoisotopic (exact) mass is 492 g/mol. The van der Waals surface area contributed by atoms with Gasteiger partial charge >= 0.3 is 0 Å². The summed E-state index contributed by atoms with van der Waals surface area (Å²) in [6, 6.07) is 30.7. The van der Waals surface area contributed by atoms with Gasteiger partial charge in [-0.05, 0) is 59.7 Å². The molecule has 0 saturated heterocycles. The van der Waals surface area contributed by atoms with Crippen LogP contribution in [0.3, 0.4) is 0 Å². The van der Waals surface area contributed by atoms with Crippen LogP contribution in [0.1, 0.15) is 0 Å². The van der Waals surface area contributed by atoms with E-state index in [0.717, 1.165) is 22.4 Å². The first-order valence-corrected chi connectivity index (χ1v) is 11.6. The van der Waals surface area contributed by atoms with Crippen molar-refractivity contribution in [2.24, 2.45) is 0 Å². The summed E-state index contributed by atoms with van der Waals surface area (Å²) in [6.45, 7) is 0. The zero-order chi connectivity index (χ0) is 24.6. The molecule has 6 rings (SSSR count). The maximum atomic E-state index is 13.8. The van der Waals surface area contributed by atoms with Crippen molar-refractivity contribution in [2.45, 2.75) is 0 Å². The van der Waals surface area contributed by atoms with Gasteiger partial charge in [0.15, 0.2) is 11.2 Å². The van der Waals surface area contributed by atoms with E-state index < -0.39 is 0 Å². The molecule has 0 amide bonds. The highest BCUT2D eigenvalue weighted by atomic mass is 35.5. The second kappa shape index (κ2) is 8.91. The highest BCUT2D eigenvalue weighted by Crippen LogP contribution is 2.27. The fraction of sp³-hybridized carbons (Fsp3) is 0. The molecule has 0 atom stereocenters. The number of imidazole rings is 1. The normalized spacial score (nSPS) is 11.2. The Morgan fingerprint density at radius 2 is 1.31 bits per heavy atom. The smallest absolute Gasteiger partial charge is 0.283 e. The van der Waals surface area contributed by atoms with E-state index in [1.54, 1.807) is 51.9 Å². The van der Waals surface area contributed by atoms with Crippen molar-refractivity contribution in [2.75, 3.05) is 0 Å². The summed E-state index contributed by atoms with van der Waals surface area (Å²) in [5.74, 6) is 0.188. The Labute approximate surface area is 210 Å². The third-order valence-corrected chi connectivity index (χ3v) is 6.26. The standard InChI is InChI=1S/C29H18ClFN4O/c30-22-12-16-25(17-13-22)35-27(21-8-6-19(7-9-21)20-10-14-23(31)15-11-20)33-28-26(29(35)36)32-18-34(28)24-4-2-1-3-5-24/h1-18H. The van der Waals surface area contributed by atoms with Crippen LogP contribution in [-0.4, -0.2) is 19.1 Å². The molecule has 4 aromatic carbocycles. The van der Waals surface area contributed by atoms with Gasteiger partial charge in [-0.15, -0.1) is 0 Å². The van der Waals surface area contributed by atoms with Crippen LogP contribution in [0.5, 0.6) is 0 Å². The average molecular weight is 493 g/mol. The number of para-hydroxylation sites is 1. The number of hydrogen-bond donors (Lipinski definition) is 0. The Morgan fingerprint density at radius 1 is 0.694 bits per heavy atom. The second-order valence-corrected chi connectivity index (χ2v) is 8.70. The SMILES string of the molecule is O=c1c2ncn(-c3ccccc3)c2nc(-c2ccc(-c3ccc(F)cc3)cc2)n1-c1ccc(Cl)cc1. The zero-order valence-electron chi connectivity index (χ0n) is 18.8. The molecule has 0 unspecified atom stereocenters. The minimum absolute atomic E-state index is 0.264. The number of fused-ring (bicyclic) bond motifs is 1. The number of halogens is 2. The summed E-state index contributed by atoms with van der Waals surface area (Å²) in [5.41, 5.74) is 4.50. The highest BCUT2D eigenvalue weighted by molar-refractivity contribution is 6.30. The van der Waals surface area contributed by atoms with Crippen LogP contribution < -0.4 is 5.56 Å². The van der Waals surface area contributed by atoms with Crippen LogP contribution in [0.15, 0.2) is 114 Å². The lowest BCUT2D eigenvalue weighted by atomic mass is 10.0. The van der Waals surface area contributed by atoms with E-state index >= 15 is 0 Å². The molecule has 7 heteroatoms. The van der Waals surface area contributed by atoms with Crippen LogP contribution in [0, 0.1) is 5.82 Å². The lowest BCUT2D eigenvalue weighted by molar-refractivity contribution is 0.628. The molecule has 0 radical (unpaired) electrons. The first-order valence-electron chi connectivity index (χ1n) is 11.3. The van der Waals surface area contributed by atoms with Crippen molar-refractivity contribution >= 4 is 22.8 Å². The molecule has 0 aliphatic rings. The molecule has 174 valence electrons. The minimum Gasteiger partial charge on any atom is -0.283 e. The average Bonchev–Trinajstić information content (AvgIpc) is 3.35. The molecule has 36 heavy (non-hydrogen) atoms. The molecule has 0 N–H and O–H groups in total. The van der Waals surface area contributed by atoms with Crippen molar-refractivity contribution in [3.8, 4) is 33.9 Å². The highest BCUT2D eigenvalue weighted by Gasteiger charge is 2.19. The van der Waals surface area contributed by atoms with Crippen molar-refractivity contribution in [3.05, 3.63) is 131 Å². The molecule has 6 aromatic rings. The van der Waals surface area contributed by atoms with Crippen molar-refractivity contribution in [1.29, 1.82) is 0 Å². The van der Waals surface area contributed by atoms with E-state index in [2.05, 4.69) is 4.98 Å². The number of rotatable bonds is 4. The zero-order valence-corrected chi connectivity index (χ0v) is 19.6. The van der Waals surface area contributed by atoms with E-state index in [0.29, 0.717) is 22.2 Å². The molecule has 0 bridgehead atoms. The summed E-state index contributed by atoms with van der Waals surface area (Å²) in [4.78, 5) is 23.1. The summed E-state index contributed by atoms with van der Waals surface area (Å²) in [6.07, 6.45) is 1.61. The molecule has 0 saturated carbocycles. The van der Waals surface area contributed by atoms with Gasteiger partial charge in [0, 0.05) is 16.3 Å². The third kappa shape index (κ3) is 3.87. The Morgan fingerprint density at radius 3 is 1.97 bits per heavy atom. The van der Waals surface area contributed by atoms with Gasteiger partial charge in [-0.25, -0.2) is 14.4 Å². The van der Waals surface area contributed by atoms with Crippen LogP contribution in [0.4, 0.5) is 4.39 Å². The third-order valence-electron chi connectivity index (χ3n) is 6.01. The van der Waals surface area contributed by atoms with Gasteiger partial charge in [-0.2, -0.15) is 0 Å². The van der Waals surface area contributed by atoms with Gasteiger partial charge in [0.2, 0.25) is 0 Å². The first kappa shape index (κ1) is 21.9. The number of benzene rings is 4. The quantitative estimate of drug-likeness (QED) is 0.275. The molecular weight excluding hydrogens is 475 g/mol. The van der Waals surface area contributed by atoms with Gasteiger partial charge in [-0.1, -0.05) is 66.2 Å². The van der Waals surface area contributed by atoms with E-state index in [1.165, 1.54) is 12.1 Å². The van der Waals surface area contributed by atoms with Gasteiger partial charge in [0.1, 0.15) is 18.0 Å². The predicted octanol–water partition coefficient (Wildman–Crippen LogP) is 6.70. The van der Waals surface area contributed by atoms with E-state index in [4.69, 9.17) is 16.6 Å². The summed E-state index contributed by atoms with van der Waals surface area (Å²) >= 11 is 6.11. The molecule has 2 aromatic heterocycles. The lowest BCUT2D eigenvalue weighted by Crippen LogP contribution is -2.22. The topological polar surface area (TPSA) is 52.7 Å². The predicted molar refractivity (Wildman–Crippen MR) is 140 cm³/mol. The summed E-state index contributed by atoms with van der Waals surface area (Å²) in [5, 5.41) is 0.569. The van der Waals surface area contributed by atoms with Gasteiger partial charge in [0.05, 0.1) is 5.69 Å². The molecule has 0 spiro atoms. The first-order chi connectivity index (χ1) is 17.6. The number of hydrogen-bond acceptors (Lipinski definition) is 3. The Bertz CT molecular complexity index is 1740. The maximum Gasteiger partial charge on any atom is 0.286 e. The van der Waals surface area contributed by atoms with Gasteiger partial charge in [0.25, 0.3) is 5.56 Å². The number of aromatic nitrogens is 4. The number of nitrogens with zero attached hydrogens (tertiary/aromatic N) is 4. The van der Waals surface area contributed by atoms with Crippen LogP contribution in [-0.2, 0) is 0 Å². The van der Waals surface area contributed by atoms with Crippen molar-refractivity contribution < 1.29 is 4.39 Å². The lowest BCUT2D eigenvalue weighted by Gasteiger charge is -2.14. The molecule has 0 fully saturated rings. The van der Waals surface area contributed by atoms with E-state index in [-0.39, 0.29) is 16.9 Å².